The normalized spacial score (nSPS) is 10.4. The van der Waals surface area contributed by atoms with Gasteiger partial charge in [-0.15, -0.1) is 0 Å². The van der Waals surface area contributed by atoms with E-state index in [1.807, 2.05) is 13.8 Å². The van der Waals surface area contributed by atoms with Crippen molar-refractivity contribution in [3.63, 3.8) is 0 Å². The lowest BCUT2D eigenvalue weighted by Gasteiger charge is -2.02. The SMILES string of the molecule is COC(=O)c1c(C(C)C)noc1C(N)=O. The number of aromatic nitrogens is 1. The van der Waals surface area contributed by atoms with Crippen molar-refractivity contribution in [3.05, 3.63) is 17.0 Å². The molecule has 0 bridgehead atoms. The van der Waals surface area contributed by atoms with Crippen molar-refractivity contribution in [2.75, 3.05) is 7.11 Å². The van der Waals surface area contributed by atoms with Crippen LogP contribution in [0.1, 0.15) is 46.4 Å². The first-order valence-electron chi connectivity index (χ1n) is 4.36. The molecule has 1 rings (SSSR count). The second-order valence-electron chi connectivity index (χ2n) is 3.28. The van der Waals surface area contributed by atoms with Crippen LogP contribution in [0.2, 0.25) is 0 Å². The quantitative estimate of drug-likeness (QED) is 0.743. The predicted octanol–water partition coefficient (Wildman–Crippen LogP) is 0.684. The Bertz CT molecular complexity index is 395. The molecule has 0 saturated carbocycles. The zero-order chi connectivity index (χ0) is 11.6. The van der Waals surface area contributed by atoms with E-state index >= 15 is 0 Å². The highest BCUT2D eigenvalue weighted by molar-refractivity contribution is 6.03. The standard InChI is InChI=1S/C9H12N2O4/c1-4(2)6-5(9(13)14-3)7(8(10)12)15-11-6/h4H,1-3H3,(H2,10,12). The molecule has 1 aromatic rings. The molecule has 1 amide bonds. The van der Waals surface area contributed by atoms with Crippen LogP contribution in [-0.2, 0) is 4.74 Å². The minimum absolute atomic E-state index is 0.0139. The fraction of sp³-hybridized carbons (Fsp3) is 0.444. The summed E-state index contributed by atoms with van der Waals surface area (Å²) < 4.78 is 9.25. The Balaban J connectivity index is 3.32. The van der Waals surface area contributed by atoms with Gasteiger partial charge in [-0.05, 0) is 5.92 Å². The lowest BCUT2D eigenvalue weighted by atomic mass is 10.0. The van der Waals surface area contributed by atoms with Crippen molar-refractivity contribution in [1.29, 1.82) is 0 Å². The zero-order valence-corrected chi connectivity index (χ0v) is 8.73. The van der Waals surface area contributed by atoms with Gasteiger partial charge < -0.3 is 15.0 Å². The van der Waals surface area contributed by atoms with E-state index in [0.29, 0.717) is 5.69 Å². The predicted molar refractivity (Wildman–Crippen MR) is 50.4 cm³/mol. The van der Waals surface area contributed by atoms with Crippen LogP contribution in [-0.4, -0.2) is 24.1 Å². The maximum Gasteiger partial charge on any atom is 0.344 e. The lowest BCUT2D eigenvalue weighted by molar-refractivity contribution is 0.0593. The molecule has 0 aliphatic heterocycles. The van der Waals surface area contributed by atoms with Crippen LogP contribution < -0.4 is 5.73 Å². The average molecular weight is 212 g/mol. The summed E-state index contributed by atoms with van der Waals surface area (Å²) in [4.78, 5) is 22.4. The maximum absolute atomic E-state index is 11.4. The Labute approximate surface area is 86.4 Å². The van der Waals surface area contributed by atoms with Crippen LogP contribution in [0.25, 0.3) is 0 Å². The fourth-order valence-electron chi connectivity index (χ4n) is 1.16. The fourth-order valence-corrected chi connectivity index (χ4v) is 1.16. The van der Waals surface area contributed by atoms with E-state index in [1.165, 1.54) is 7.11 Å². The molecule has 0 radical (unpaired) electrons. The van der Waals surface area contributed by atoms with Gasteiger partial charge in [0.1, 0.15) is 11.3 Å². The van der Waals surface area contributed by atoms with Crippen LogP contribution in [0, 0.1) is 0 Å². The number of nitrogens with zero attached hydrogens (tertiary/aromatic N) is 1. The highest BCUT2D eigenvalue weighted by atomic mass is 16.5. The average Bonchev–Trinajstić information content (AvgIpc) is 2.60. The minimum Gasteiger partial charge on any atom is -0.465 e. The largest absolute Gasteiger partial charge is 0.465 e. The number of hydrogen-bond acceptors (Lipinski definition) is 5. The third-order valence-corrected chi connectivity index (χ3v) is 1.88. The Morgan fingerprint density at radius 1 is 1.47 bits per heavy atom. The molecule has 0 unspecified atom stereocenters. The summed E-state index contributed by atoms with van der Waals surface area (Å²) in [5.41, 5.74) is 5.42. The molecule has 0 aliphatic rings. The molecular weight excluding hydrogens is 200 g/mol. The van der Waals surface area contributed by atoms with E-state index < -0.39 is 11.9 Å². The van der Waals surface area contributed by atoms with Crippen LogP contribution in [0.5, 0.6) is 0 Å². The lowest BCUT2D eigenvalue weighted by Crippen LogP contribution is -2.16. The molecule has 0 spiro atoms. The Kier molecular flexibility index (Phi) is 3.08. The van der Waals surface area contributed by atoms with E-state index in [1.54, 1.807) is 0 Å². The molecule has 0 aromatic carbocycles. The summed E-state index contributed by atoms with van der Waals surface area (Å²) in [5, 5.41) is 3.63. The molecule has 82 valence electrons. The number of ether oxygens (including phenoxy) is 1. The topological polar surface area (TPSA) is 95.4 Å². The molecule has 0 atom stereocenters. The number of amides is 1. The number of carbonyl (C=O) groups excluding carboxylic acids is 2. The van der Waals surface area contributed by atoms with Crippen molar-refractivity contribution in [2.24, 2.45) is 5.73 Å². The molecule has 0 aliphatic carbocycles. The van der Waals surface area contributed by atoms with E-state index in [4.69, 9.17) is 10.3 Å². The van der Waals surface area contributed by atoms with Crippen LogP contribution >= 0.6 is 0 Å². The van der Waals surface area contributed by atoms with Crippen molar-refractivity contribution < 1.29 is 18.8 Å². The number of primary amides is 1. The summed E-state index contributed by atoms with van der Waals surface area (Å²) in [6.45, 7) is 3.63. The molecule has 6 nitrogen and oxygen atoms in total. The van der Waals surface area contributed by atoms with E-state index in [0.717, 1.165) is 0 Å². The molecule has 2 N–H and O–H groups in total. The number of esters is 1. The molecule has 1 aromatic heterocycles. The van der Waals surface area contributed by atoms with Crippen LogP contribution in [0.15, 0.2) is 4.52 Å². The van der Waals surface area contributed by atoms with Gasteiger partial charge in [-0.1, -0.05) is 19.0 Å². The van der Waals surface area contributed by atoms with Gasteiger partial charge in [0.2, 0.25) is 5.76 Å². The molecule has 6 heteroatoms. The van der Waals surface area contributed by atoms with Crippen molar-refractivity contribution >= 4 is 11.9 Å². The third-order valence-electron chi connectivity index (χ3n) is 1.88. The first-order valence-corrected chi connectivity index (χ1v) is 4.36. The van der Waals surface area contributed by atoms with Gasteiger partial charge in [0, 0.05) is 0 Å². The Morgan fingerprint density at radius 2 is 2.07 bits per heavy atom. The van der Waals surface area contributed by atoms with Gasteiger partial charge in [0.05, 0.1) is 7.11 Å². The summed E-state index contributed by atoms with van der Waals surface area (Å²) in [6, 6.07) is 0. The smallest absolute Gasteiger partial charge is 0.344 e. The first-order chi connectivity index (χ1) is 6.99. The van der Waals surface area contributed by atoms with Crippen LogP contribution in [0.4, 0.5) is 0 Å². The van der Waals surface area contributed by atoms with Gasteiger partial charge in [0.15, 0.2) is 0 Å². The molecule has 1 heterocycles. The molecule has 0 saturated heterocycles. The first kappa shape index (κ1) is 11.2. The van der Waals surface area contributed by atoms with Gasteiger partial charge in [-0.25, -0.2) is 4.79 Å². The molecule has 15 heavy (non-hydrogen) atoms. The van der Waals surface area contributed by atoms with Gasteiger partial charge in [0.25, 0.3) is 5.91 Å². The second kappa shape index (κ2) is 4.12. The molecule has 0 fully saturated rings. The summed E-state index contributed by atoms with van der Waals surface area (Å²) in [7, 11) is 1.21. The number of nitrogens with two attached hydrogens (primary N) is 1. The maximum atomic E-state index is 11.4. The van der Waals surface area contributed by atoms with Crippen molar-refractivity contribution in [2.45, 2.75) is 19.8 Å². The van der Waals surface area contributed by atoms with Crippen molar-refractivity contribution in [1.82, 2.24) is 5.16 Å². The van der Waals surface area contributed by atoms with Crippen molar-refractivity contribution in [3.8, 4) is 0 Å². The summed E-state index contributed by atoms with van der Waals surface area (Å²) >= 11 is 0. The monoisotopic (exact) mass is 212 g/mol. The highest BCUT2D eigenvalue weighted by Crippen LogP contribution is 2.22. The van der Waals surface area contributed by atoms with Gasteiger partial charge >= 0.3 is 5.97 Å². The van der Waals surface area contributed by atoms with Gasteiger partial charge in [-0.2, -0.15) is 0 Å². The second-order valence-corrected chi connectivity index (χ2v) is 3.28. The summed E-state index contributed by atoms with van der Waals surface area (Å²) in [5.74, 6) is -1.83. The Hall–Kier alpha value is -1.85. The zero-order valence-electron chi connectivity index (χ0n) is 8.73. The van der Waals surface area contributed by atoms with E-state index in [-0.39, 0.29) is 17.2 Å². The number of carbonyl (C=O) groups is 2. The summed E-state index contributed by atoms with van der Waals surface area (Å²) in [6.07, 6.45) is 0. The minimum atomic E-state index is -0.838. The van der Waals surface area contributed by atoms with Gasteiger partial charge in [-0.3, -0.25) is 4.79 Å². The Morgan fingerprint density at radius 3 is 2.47 bits per heavy atom. The van der Waals surface area contributed by atoms with E-state index in [2.05, 4.69) is 9.89 Å². The highest BCUT2D eigenvalue weighted by Gasteiger charge is 2.28. The number of methoxy groups -OCH3 is 1. The number of hydrogen-bond donors (Lipinski definition) is 1. The van der Waals surface area contributed by atoms with E-state index in [9.17, 15) is 9.59 Å². The van der Waals surface area contributed by atoms with Crippen LogP contribution in [0.3, 0.4) is 0 Å². The number of rotatable bonds is 3. The molecular formula is C9H12N2O4. The third kappa shape index (κ3) is 1.98.